The topological polar surface area (TPSA) is 86.9 Å². The summed E-state index contributed by atoms with van der Waals surface area (Å²) in [6.45, 7) is 4.88. The van der Waals surface area contributed by atoms with Crippen LogP contribution in [0.5, 0.6) is 0 Å². The Bertz CT molecular complexity index is 718. The van der Waals surface area contributed by atoms with Crippen LogP contribution in [0.1, 0.15) is 57.6 Å². The highest BCUT2D eigenvalue weighted by Gasteiger charge is 2.34. The SMILES string of the molecule is CCCN=C(NCCc1ccco1)N1CCCC(S(=O)(=O)NC2CCCC2)C1.I. The molecule has 2 fully saturated rings. The van der Waals surface area contributed by atoms with Gasteiger partial charge in [-0.1, -0.05) is 19.8 Å². The van der Waals surface area contributed by atoms with Crippen molar-refractivity contribution >= 4 is 40.0 Å². The molecule has 0 radical (unpaired) electrons. The van der Waals surface area contributed by atoms with Crippen LogP contribution in [-0.4, -0.2) is 56.7 Å². The van der Waals surface area contributed by atoms with E-state index in [1.807, 2.05) is 12.1 Å². The zero-order valence-electron chi connectivity index (χ0n) is 17.3. The molecular formula is C20H35IN4O3S. The molecule has 1 unspecified atom stereocenters. The van der Waals surface area contributed by atoms with Crippen molar-refractivity contribution in [2.45, 2.75) is 69.6 Å². The first-order valence-electron chi connectivity index (χ1n) is 10.7. The molecule has 0 amide bonds. The van der Waals surface area contributed by atoms with E-state index in [0.717, 1.165) is 69.8 Å². The van der Waals surface area contributed by atoms with Crippen molar-refractivity contribution in [3.8, 4) is 0 Å². The lowest BCUT2D eigenvalue weighted by Gasteiger charge is -2.35. The van der Waals surface area contributed by atoms with E-state index in [1.165, 1.54) is 0 Å². The third-order valence-corrected chi connectivity index (χ3v) is 7.45. The third-order valence-electron chi connectivity index (χ3n) is 5.52. The normalized spacial score (nSPS) is 21.2. The van der Waals surface area contributed by atoms with E-state index < -0.39 is 10.0 Å². The molecule has 2 aliphatic rings. The summed E-state index contributed by atoms with van der Waals surface area (Å²) in [5.41, 5.74) is 0. The Labute approximate surface area is 192 Å². The van der Waals surface area contributed by atoms with Crippen LogP contribution in [-0.2, 0) is 16.4 Å². The molecule has 2 heterocycles. The van der Waals surface area contributed by atoms with Gasteiger partial charge in [-0.3, -0.25) is 4.99 Å². The minimum Gasteiger partial charge on any atom is -0.469 e. The highest BCUT2D eigenvalue weighted by atomic mass is 127. The molecule has 1 aliphatic heterocycles. The van der Waals surface area contributed by atoms with Gasteiger partial charge in [-0.15, -0.1) is 24.0 Å². The van der Waals surface area contributed by atoms with Gasteiger partial charge in [0.05, 0.1) is 11.5 Å². The molecule has 9 heteroatoms. The molecule has 1 saturated heterocycles. The van der Waals surface area contributed by atoms with Gasteiger partial charge in [-0.25, -0.2) is 13.1 Å². The number of hydrogen-bond donors (Lipinski definition) is 2. The lowest BCUT2D eigenvalue weighted by atomic mass is 10.1. The molecule has 166 valence electrons. The van der Waals surface area contributed by atoms with Gasteiger partial charge in [0.15, 0.2) is 5.96 Å². The maximum absolute atomic E-state index is 12.9. The van der Waals surface area contributed by atoms with Gasteiger partial charge in [0, 0.05) is 38.6 Å². The van der Waals surface area contributed by atoms with Crippen LogP contribution in [0.25, 0.3) is 0 Å². The Balaban J connectivity index is 0.00000300. The van der Waals surface area contributed by atoms with Crippen LogP contribution < -0.4 is 10.0 Å². The molecule has 0 spiro atoms. The van der Waals surface area contributed by atoms with Gasteiger partial charge in [-0.2, -0.15) is 0 Å². The summed E-state index contributed by atoms with van der Waals surface area (Å²) < 4.78 is 34.1. The second-order valence-corrected chi connectivity index (χ2v) is 9.81. The smallest absolute Gasteiger partial charge is 0.216 e. The summed E-state index contributed by atoms with van der Waals surface area (Å²) in [7, 11) is -3.30. The Morgan fingerprint density at radius 1 is 1.28 bits per heavy atom. The Hall–Kier alpha value is -0.810. The number of furan rings is 1. The third kappa shape index (κ3) is 7.43. The molecule has 0 bridgehead atoms. The fraction of sp³-hybridized carbons (Fsp3) is 0.750. The predicted molar refractivity (Wildman–Crippen MR) is 127 cm³/mol. The fourth-order valence-corrected chi connectivity index (χ4v) is 5.74. The predicted octanol–water partition coefficient (Wildman–Crippen LogP) is 3.12. The zero-order valence-corrected chi connectivity index (χ0v) is 20.5. The lowest BCUT2D eigenvalue weighted by molar-refractivity contribution is 0.328. The van der Waals surface area contributed by atoms with Gasteiger partial charge >= 0.3 is 0 Å². The minimum atomic E-state index is -3.30. The lowest BCUT2D eigenvalue weighted by Crippen LogP contribution is -2.53. The number of halogens is 1. The quantitative estimate of drug-likeness (QED) is 0.302. The maximum Gasteiger partial charge on any atom is 0.216 e. The number of hydrogen-bond acceptors (Lipinski definition) is 4. The highest BCUT2D eigenvalue weighted by molar-refractivity contribution is 14.0. The Morgan fingerprint density at radius 2 is 2.07 bits per heavy atom. The van der Waals surface area contributed by atoms with E-state index in [0.29, 0.717) is 19.5 Å². The van der Waals surface area contributed by atoms with Crippen LogP contribution in [0.4, 0.5) is 0 Å². The molecular weight excluding hydrogens is 503 g/mol. The molecule has 7 nitrogen and oxygen atoms in total. The first kappa shape index (κ1) is 24.5. The van der Waals surface area contributed by atoms with Crippen molar-refractivity contribution in [2.75, 3.05) is 26.2 Å². The number of rotatable bonds is 8. The number of nitrogens with zero attached hydrogens (tertiary/aromatic N) is 2. The fourth-order valence-electron chi connectivity index (χ4n) is 3.99. The summed E-state index contributed by atoms with van der Waals surface area (Å²) in [4.78, 5) is 6.80. The van der Waals surface area contributed by atoms with Gasteiger partial charge < -0.3 is 14.6 Å². The first-order chi connectivity index (χ1) is 13.6. The standard InChI is InChI=1S/C20H34N4O3S.HI/c1-2-12-21-20(22-13-11-18-9-6-15-27-18)24-14-5-10-19(16-24)28(25,26)23-17-7-3-4-8-17;/h6,9,15,17,19,23H,2-5,7-8,10-14,16H2,1H3,(H,21,22);1H. The Morgan fingerprint density at radius 3 is 2.76 bits per heavy atom. The average molecular weight is 538 g/mol. The van der Waals surface area contributed by atoms with Gasteiger partial charge in [0.1, 0.15) is 5.76 Å². The van der Waals surface area contributed by atoms with E-state index in [-0.39, 0.29) is 35.3 Å². The number of aliphatic imine (C=N–C) groups is 1. The molecule has 1 aromatic rings. The number of piperidine rings is 1. The molecule has 2 N–H and O–H groups in total. The van der Waals surface area contributed by atoms with E-state index in [9.17, 15) is 8.42 Å². The van der Waals surface area contributed by atoms with Crippen molar-refractivity contribution in [3.05, 3.63) is 24.2 Å². The van der Waals surface area contributed by atoms with Crippen LogP contribution in [0.2, 0.25) is 0 Å². The van der Waals surface area contributed by atoms with Crippen molar-refractivity contribution in [2.24, 2.45) is 4.99 Å². The average Bonchev–Trinajstić information content (AvgIpc) is 3.38. The maximum atomic E-state index is 12.9. The second kappa shape index (κ2) is 12.1. The number of guanidine groups is 1. The van der Waals surface area contributed by atoms with Crippen molar-refractivity contribution in [3.63, 3.8) is 0 Å². The minimum absolute atomic E-state index is 0. The molecule has 3 rings (SSSR count). The van der Waals surface area contributed by atoms with Crippen molar-refractivity contribution in [1.82, 2.24) is 14.9 Å². The summed E-state index contributed by atoms with van der Waals surface area (Å²) in [5, 5.41) is 3.03. The molecule has 1 aliphatic carbocycles. The van der Waals surface area contributed by atoms with Crippen LogP contribution in [0, 0.1) is 0 Å². The van der Waals surface area contributed by atoms with Crippen LogP contribution in [0.15, 0.2) is 27.8 Å². The number of likely N-dealkylation sites (tertiary alicyclic amines) is 1. The molecule has 1 atom stereocenters. The van der Waals surface area contributed by atoms with Gasteiger partial charge in [0.25, 0.3) is 0 Å². The molecule has 1 saturated carbocycles. The summed E-state index contributed by atoms with van der Waals surface area (Å²) >= 11 is 0. The Kier molecular flexibility index (Phi) is 10.2. The number of nitrogens with one attached hydrogen (secondary N) is 2. The van der Waals surface area contributed by atoms with Crippen LogP contribution in [0.3, 0.4) is 0 Å². The largest absolute Gasteiger partial charge is 0.469 e. The summed E-state index contributed by atoms with van der Waals surface area (Å²) in [6, 6.07) is 3.97. The molecule has 29 heavy (non-hydrogen) atoms. The molecule has 0 aromatic carbocycles. The van der Waals surface area contributed by atoms with Gasteiger partial charge in [-0.05, 0) is 44.2 Å². The summed E-state index contributed by atoms with van der Waals surface area (Å²) in [6.07, 6.45) is 9.17. The molecule has 1 aromatic heterocycles. The van der Waals surface area contributed by atoms with E-state index in [1.54, 1.807) is 6.26 Å². The highest BCUT2D eigenvalue weighted by Crippen LogP contribution is 2.22. The van der Waals surface area contributed by atoms with Gasteiger partial charge in [0.2, 0.25) is 10.0 Å². The number of sulfonamides is 1. The van der Waals surface area contributed by atoms with Crippen molar-refractivity contribution < 1.29 is 12.8 Å². The monoisotopic (exact) mass is 538 g/mol. The van der Waals surface area contributed by atoms with E-state index >= 15 is 0 Å². The van der Waals surface area contributed by atoms with Crippen LogP contribution >= 0.6 is 24.0 Å². The summed E-state index contributed by atoms with van der Waals surface area (Å²) in [5.74, 6) is 1.75. The van der Waals surface area contributed by atoms with E-state index in [2.05, 4.69) is 21.9 Å². The van der Waals surface area contributed by atoms with Crippen molar-refractivity contribution in [1.29, 1.82) is 0 Å². The van der Waals surface area contributed by atoms with E-state index in [4.69, 9.17) is 9.41 Å². The first-order valence-corrected chi connectivity index (χ1v) is 12.2. The zero-order chi connectivity index (χ0) is 19.8. The second-order valence-electron chi connectivity index (χ2n) is 7.82.